The number of halogens is 3. The molecule has 1 saturated heterocycles. The lowest BCUT2D eigenvalue weighted by molar-refractivity contribution is -0.137. The van der Waals surface area contributed by atoms with E-state index in [2.05, 4.69) is 10.5 Å². The van der Waals surface area contributed by atoms with Crippen LogP contribution in [0.2, 0.25) is 0 Å². The minimum Gasteiger partial charge on any atom is -0.493 e. The van der Waals surface area contributed by atoms with E-state index in [0.29, 0.717) is 0 Å². The van der Waals surface area contributed by atoms with Crippen molar-refractivity contribution in [1.82, 2.24) is 25.5 Å². The van der Waals surface area contributed by atoms with Gasteiger partial charge in [-0.1, -0.05) is 6.07 Å². The van der Waals surface area contributed by atoms with E-state index >= 15 is 0 Å². The Morgan fingerprint density at radius 2 is 2.07 bits per heavy atom. The number of imide groups is 1. The molecule has 9 nitrogen and oxygen atoms in total. The third-order valence-corrected chi connectivity index (χ3v) is 3.58. The molecule has 12 heteroatoms. The molecule has 2 heterocycles. The van der Waals surface area contributed by atoms with Gasteiger partial charge in [-0.25, -0.2) is 14.5 Å². The lowest BCUT2D eigenvalue weighted by atomic mass is 10.2. The molecule has 1 aliphatic rings. The monoisotopic (exact) mass is 383 g/mol. The number of methoxy groups -OCH3 is 1. The summed E-state index contributed by atoms with van der Waals surface area (Å²) >= 11 is 0. The van der Waals surface area contributed by atoms with Gasteiger partial charge in [0.25, 0.3) is 5.91 Å². The van der Waals surface area contributed by atoms with Gasteiger partial charge in [-0.3, -0.25) is 20.3 Å². The minimum atomic E-state index is -4.54. The van der Waals surface area contributed by atoms with E-state index in [1.165, 1.54) is 25.4 Å². The predicted molar refractivity (Wildman–Crippen MR) is 82.8 cm³/mol. The first-order valence-corrected chi connectivity index (χ1v) is 7.42. The number of alkyl halides is 3. The van der Waals surface area contributed by atoms with E-state index in [4.69, 9.17) is 4.74 Å². The summed E-state index contributed by atoms with van der Waals surface area (Å²) in [6.45, 7) is -0.374. The number of nitrogens with zero attached hydrogens (tertiary/aromatic N) is 3. The number of carbonyl (C=O) groups is 3. The van der Waals surface area contributed by atoms with Crippen molar-refractivity contribution in [3.63, 3.8) is 0 Å². The van der Waals surface area contributed by atoms with Crippen LogP contribution >= 0.6 is 0 Å². The Kier molecular flexibility index (Phi) is 4.47. The molecule has 142 valence electrons. The molecule has 3 rings (SSSR count). The smallest absolute Gasteiger partial charge is 0.416 e. The standard InChI is InChI=1S/C15H12F3N5O4/c1-27-10-6-22(9-4-2-3-8(5-9)15(16,17)18)20-12(10)13(25)21-23-7-11(24)19-14(23)26/h2-6H,7H2,1H3,(H,21,25)(H,19,24,26). The summed E-state index contributed by atoms with van der Waals surface area (Å²) in [4.78, 5) is 34.9. The van der Waals surface area contributed by atoms with E-state index in [1.807, 2.05) is 5.32 Å². The maximum atomic E-state index is 12.9. The van der Waals surface area contributed by atoms with E-state index < -0.39 is 29.6 Å². The Hall–Kier alpha value is -3.57. The van der Waals surface area contributed by atoms with Gasteiger partial charge < -0.3 is 4.74 Å². The highest BCUT2D eigenvalue weighted by Gasteiger charge is 2.32. The van der Waals surface area contributed by atoms with Crippen LogP contribution in [0.15, 0.2) is 30.5 Å². The van der Waals surface area contributed by atoms with E-state index in [1.54, 1.807) is 0 Å². The van der Waals surface area contributed by atoms with Gasteiger partial charge in [0, 0.05) is 0 Å². The van der Waals surface area contributed by atoms with Gasteiger partial charge in [-0.15, -0.1) is 0 Å². The molecular formula is C15H12F3N5O4. The van der Waals surface area contributed by atoms with Gasteiger partial charge in [0.2, 0.25) is 5.91 Å². The molecule has 2 aromatic rings. The summed E-state index contributed by atoms with van der Waals surface area (Å²) in [5, 5.41) is 6.65. The molecule has 1 aliphatic heterocycles. The number of aromatic nitrogens is 2. The van der Waals surface area contributed by atoms with Gasteiger partial charge in [-0.2, -0.15) is 18.3 Å². The van der Waals surface area contributed by atoms with Crippen LogP contribution in [0.1, 0.15) is 16.1 Å². The number of carbonyl (C=O) groups excluding carboxylic acids is 3. The molecule has 1 aromatic carbocycles. The van der Waals surface area contributed by atoms with Crippen LogP contribution < -0.4 is 15.5 Å². The van der Waals surface area contributed by atoms with E-state index in [9.17, 15) is 27.6 Å². The molecule has 4 amide bonds. The molecule has 27 heavy (non-hydrogen) atoms. The molecule has 0 radical (unpaired) electrons. The molecule has 0 bridgehead atoms. The number of rotatable bonds is 4. The SMILES string of the molecule is COc1cn(-c2cccc(C(F)(F)F)c2)nc1C(=O)NN1CC(=O)NC1=O. The zero-order chi connectivity index (χ0) is 19.8. The second-order valence-corrected chi connectivity index (χ2v) is 5.42. The van der Waals surface area contributed by atoms with Crippen molar-refractivity contribution in [2.75, 3.05) is 13.7 Å². The second kappa shape index (κ2) is 6.63. The Bertz CT molecular complexity index is 924. The summed E-state index contributed by atoms with van der Waals surface area (Å²) in [6.07, 6.45) is -3.32. The maximum Gasteiger partial charge on any atom is 0.416 e. The molecule has 0 spiro atoms. The van der Waals surface area contributed by atoms with Crippen LogP contribution in [0.4, 0.5) is 18.0 Å². The topological polar surface area (TPSA) is 106 Å². The van der Waals surface area contributed by atoms with E-state index in [-0.39, 0.29) is 23.7 Å². The molecule has 2 N–H and O–H groups in total. The number of hydrogen-bond donors (Lipinski definition) is 2. The zero-order valence-corrected chi connectivity index (χ0v) is 13.7. The number of nitrogens with one attached hydrogen (secondary N) is 2. The van der Waals surface area contributed by atoms with Crippen LogP contribution in [0, 0.1) is 0 Å². The summed E-state index contributed by atoms with van der Waals surface area (Å²) < 4.78 is 44.7. The first-order chi connectivity index (χ1) is 12.7. The number of ether oxygens (including phenoxy) is 1. The van der Waals surface area contributed by atoms with Gasteiger partial charge in [-0.05, 0) is 18.2 Å². The Balaban J connectivity index is 1.89. The Morgan fingerprint density at radius 1 is 1.33 bits per heavy atom. The van der Waals surface area contributed by atoms with Crippen molar-refractivity contribution in [1.29, 1.82) is 0 Å². The number of benzene rings is 1. The van der Waals surface area contributed by atoms with Crippen molar-refractivity contribution in [3.05, 3.63) is 41.7 Å². The lowest BCUT2D eigenvalue weighted by Crippen LogP contribution is -2.44. The molecule has 1 aromatic heterocycles. The van der Waals surface area contributed by atoms with Crippen LogP contribution in [0.25, 0.3) is 5.69 Å². The van der Waals surface area contributed by atoms with Crippen LogP contribution in [0.3, 0.4) is 0 Å². The maximum absolute atomic E-state index is 12.9. The van der Waals surface area contributed by atoms with Crippen molar-refractivity contribution >= 4 is 17.8 Å². The first-order valence-electron chi connectivity index (χ1n) is 7.42. The Labute approximate surface area is 149 Å². The van der Waals surface area contributed by atoms with Crippen molar-refractivity contribution in [2.45, 2.75) is 6.18 Å². The second-order valence-electron chi connectivity index (χ2n) is 5.42. The number of hydrazine groups is 1. The van der Waals surface area contributed by atoms with Crippen LogP contribution in [0.5, 0.6) is 5.75 Å². The summed E-state index contributed by atoms with van der Waals surface area (Å²) in [6, 6.07) is 3.52. The van der Waals surface area contributed by atoms with Crippen molar-refractivity contribution < 1.29 is 32.3 Å². The van der Waals surface area contributed by atoms with Gasteiger partial charge >= 0.3 is 12.2 Å². The molecule has 0 saturated carbocycles. The largest absolute Gasteiger partial charge is 0.493 e. The summed E-state index contributed by atoms with van der Waals surface area (Å²) in [5.41, 5.74) is 1.07. The first kappa shape index (κ1) is 18.2. The summed E-state index contributed by atoms with van der Waals surface area (Å²) in [7, 11) is 1.25. The highest BCUT2D eigenvalue weighted by molar-refractivity contribution is 6.04. The highest BCUT2D eigenvalue weighted by Crippen LogP contribution is 2.30. The summed E-state index contributed by atoms with van der Waals surface area (Å²) in [5.74, 6) is -1.50. The van der Waals surface area contributed by atoms with Crippen LogP contribution in [-0.4, -0.2) is 46.3 Å². The Morgan fingerprint density at radius 3 is 2.67 bits per heavy atom. The lowest BCUT2D eigenvalue weighted by Gasteiger charge is -2.13. The van der Waals surface area contributed by atoms with Gasteiger partial charge in [0.1, 0.15) is 6.54 Å². The van der Waals surface area contributed by atoms with Crippen molar-refractivity contribution in [3.8, 4) is 11.4 Å². The minimum absolute atomic E-state index is 0.0316. The molecular weight excluding hydrogens is 371 g/mol. The molecule has 0 atom stereocenters. The average Bonchev–Trinajstić information content (AvgIpc) is 3.17. The fourth-order valence-corrected chi connectivity index (χ4v) is 2.33. The zero-order valence-electron chi connectivity index (χ0n) is 13.7. The quantitative estimate of drug-likeness (QED) is 0.769. The van der Waals surface area contributed by atoms with Gasteiger partial charge in [0.15, 0.2) is 11.4 Å². The third kappa shape index (κ3) is 3.68. The number of urea groups is 1. The molecule has 1 fully saturated rings. The third-order valence-electron chi connectivity index (χ3n) is 3.58. The highest BCUT2D eigenvalue weighted by atomic mass is 19.4. The fraction of sp³-hybridized carbons (Fsp3) is 0.200. The number of hydrogen-bond acceptors (Lipinski definition) is 5. The van der Waals surface area contributed by atoms with Crippen LogP contribution in [-0.2, 0) is 11.0 Å². The van der Waals surface area contributed by atoms with Crippen molar-refractivity contribution in [2.24, 2.45) is 0 Å². The molecule has 0 unspecified atom stereocenters. The normalized spacial score (nSPS) is 14.3. The number of amides is 4. The fourth-order valence-electron chi connectivity index (χ4n) is 2.33. The van der Waals surface area contributed by atoms with Gasteiger partial charge in [0.05, 0.1) is 24.6 Å². The molecule has 0 aliphatic carbocycles. The predicted octanol–water partition coefficient (Wildman–Crippen LogP) is 1.10. The van der Waals surface area contributed by atoms with E-state index in [0.717, 1.165) is 21.8 Å². The average molecular weight is 383 g/mol.